The SMILES string of the molecule is CSC(=O)CSC(C)C. The second kappa shape index (κ2) is 5.18. The molecule has 0 aromatic heterocycles. The van der Waals surface area contributed by atoms with E-state index in [4.69, 9.17) is 0 Å². The van der Waals surface area contributed by atoms with Gasteiger partial charge in [-0.3, -0.25) is 4.79 Å². The van der Waals surface area contributed by atoms with Crippen LogP contribution >= 0.6 is 23.5 Å². The molecule has 9 heavy (non-hydrogen) atoms. The first kappa shape index (κ1) is 9.37. The van der Waals surface area contributed by atoms with E-state index >= 15 is 0 Å². The molecule has 0 unspecified atom stereocenters. The molecule has 3 heteroatoms. The first-order chi connectivity index (χ1) is 4.16. The van der Waals surface area contributed by atoms with Gasteiger partial charge < -0.3 is 0 Å². The minimum atomic E-state index is 0.272. The van der Waals surface area contributed by atoms with Gasteiger partial charge in [-0.25, -0.2) is 0 Å². The van der Waals surface area contributed by atoms with E-state index in [1.165, 1.54) is 11.8 Å². The number of rotatable bonds is 3. The van der Waals surface area contributed by atoms with Crippen LogP contribution in [0.5, 0.6) is 0 Å². The van der Waals surface area contributed by atoms with Crippen molar-refractivity contribution in [2.75, 3.05) is 12.0 Å². The van der Waals surface area contributed by atoms with Gasteiger partial charge in [0.25, 0.3) is 0 Å². The molecule has 0 N–H and O–H groups in total. The molecule has 0 amide bonds. The summed E-state index contributed by atoms with van der Waals surface area (Å²) in [6, 6.07) is 0. The molecule has 0 radical (unpaired) electrons. The van der Waals surface area contributed by atoms with Crippen molar-refractivity contribution in [3.63, 3.8) is 0 Å². The van der Waals surface area contributed by atoms with Crippen LogP contribution in [0.25, 0.3) is 0 Å². The number of hydrogen-bond acceptors (Lipinski definition) is 3. The third-order valence-corrected chi connectivity index (χ3v) is 2.64. The maximum absolute atomic E-state index is 10.7. The van der Waals surface area contributed by atoms with Crippen molar-refractivity contribution in [1.29, 1.82) is 0 Å². The summed E-state index contributed by atoms with van der Waals surface area (Å²) in [7, 11) is 0. The van der Waals surface area contributed by atoms with Gasteiger partial charge in [-0.05, 0) is 11.5 Å². The Bertz CT molecular complexity index is 91.1. The molecular formula is C6H12OS2. The lowest BCUT2D eigenvalue weighted by Gasteiger charge is -2.00. The summed E-state index contributed by atoms with van der Waals surface area (Å²) < 4.78 is 0. The van der Waals surface area contributed by atoms with Crippen molar-refractivity contribution in [2.45, 2.75) is 19.1 Å². The average Bonchev–Trinajstić information content (AvgIpc) is 1.83. The Kier molecular flexibility index (Phi) is 5.39. The smallest absolute Gasteiger partial charge is 0.198 e. The Balaban J connectivity index is 3.17. The van der Waals surface area contributed by atoms with Crippen molar-refractivity contribution in [2.24, 2.45) is 0 Å². The van der Waals surface area contributed by atoms with E-state index < -0.39 is 0 Å². The lowest BCUT2D eigenvalue weighted by atomic mass is 10.6. The van der Waals surface area contributed by atoms with Crippen LogP contribution in [-0.4, -0.2) is 22.4 Å². The highest BCUT2D eigenvalue weighted by molar-refractivity contribution is 8.15. The van der Waals surface area contributed by atoms with Crippen LogP contribution in [0.2, 0.25) is 0 Å². The predicted molar refractivity (Wildman–Crippen MR) is 46.1 cm³/mol. The fraction of sp³-hybridized carbons (Fsp3) is 0.833. The molecular weight excluding hydrogens is 152 g/mol. The summed E-state index contributed by atoms with van der Waals surface area (Å²) >= 11 is 3.00. The predicted octanol–water partition coefficient (Wildman–Crippen LogP) is 2.02. The highest BCUT2D eigenvalue weighted by Gasteiger charge is 2.00. The quantitative estimate of drug-likeness (QED) is 0.635. The van der Waals surface area contributed by atoms with E-state index in [0.29, 0.717) is 11.0 Å². The summed E-state index contributed by atoms with van der Waals surface area (Å²) in [4.78, 5) is 10.7. The summed E-state index contributed by atoms with van der Waals surface area (Å²) in [5, 5.41) is 0.842. The minimum absolute atomic E-state index is 0.272. The molecule has 0 bridgehead atoms. The number of thioether (sulfide) groups is 2. The normalized spacial score (nSPS) is 10.2. The van der Waals surface area contributed by atoms with Crippen molar-refractivity contribution in [1.82, 2.24) is 0 Å². The minimum Gasteiger partial charge on any atom is -0.286 e. The Hall–Kier alpha value is 0.370. The Morgan fingerprint density at radius 3 is 2.44 bits per heavy atom. The Morgan fingerprint density at radius 1 is 1.56 bits per heavy atom. The largest absolute Gasteiger partial charge is 0.286 e. The Labute approximate surface area is 65.0 Å². The van der Waals surface area contributed by atoms with Crippen LogP contribution in [-0.2, 0) is 4.79 Å². The van der Waals surface area contributed by atoms with Gasteiger partial charge in [-0.2, -0.15) is 11.8 Å². The number of hydrogen-bond donors (Lipinski definition) is 0. The van der Waals surface area contributed by atoms with Crippen LogP contribution in [0.15, 0.2) is 0 Å². The third-order valence-electron chi connectivity index (χ3n) is 0.762. The van der Waals surface area contributed by atoms with E-state index in [0.717, 1.165) is 0 Å². The molecule has 0 aliphatic heterocycles. The lowest BCUT2D eigenvalue weighted by Crippen LogP contribution is -1.97. The fourth-order valence-electron chi connectivity index (χ4n) is 0.294. The van der Waals surface area contributed by atoms with Crippen molar-refractivity contribution in [3.05, 3.63) is 0 Å². The lowest BCUT2D eigenvalue weighted by molar-refractivity contribution is -0.108. The van der Waals surface area contributed by atoms with E-state index in [9.17, 15) is 4.79 Å². The summed E-state index contributed by atoms with van der Waals surface area (Å²) in [6.07, 6.45) is 1.82. The Morgan fingerprint density at radius 2 is 2.11 bits per heavy atom. The zero-order valence-corrected chi connectivity index (χ0v) is 7.64. The van der Waals surface area contributed by atoms with E-state index in [1.54, 1.807) is 11.8 Å². The van der Waals surface area contributed by atoms with Crippen molar-refractivity contribution >= 4 is 28.6 Å². The topological polar surface area (TPSA) is 17.1 Å². The first-order valence-corrected chi connectivity index (χ1v) is 5.12. The van der Waals surface area contributed by atoms with Gasteiger partial charge in [0.1, 0.15) is 0 Å². The van der Waals surface area contributed by atoms with Gasteiger partial charge in [0.2, 0.25) is 0 Å². The highest BCUT2D eigenvalue weighted by atomic mass is 32.2. The van der Waals surface area contributed by atoms with Crippen LogP contribution in [0.4, 0.5) is 0 Å². The van der Waals surface area contributed by atoms with E-state index in [2.05, 4.69) is 13.8 Å². The molecule has 0 heterocycles. The second-order valence-electron chi connectivity index (χ2n) is 1.94. The third kappa shape index (κ3) is 6.25. The average molecular weight is 164 g/mol. The fourth-order valence-corrected chi connectivity index (χ4v) is 1.44. The van der Waals surface area contributed by atoms with E-state index in [-0.39, 0.29) is 5.12 Å². The van der Waals surface area contributed by atoms with Gasteiger partial charge in [0.15, 0.2) is 5.12 Å². The number of carbonyl (C=O) groups is 1. The molecule has 0 spiro atoms. The first-order valence-electron chi connectivity index (χ1n) is 2.85. The zero-order valence-electron chi connectivity index (χ0n) is 6.01. The van der Waals surface area contributed by atoms with Crippen LogP contribution < -0.4 is 0 Å². The van der Waals surface area contributed by atoms with Crippen LogP contribution in [0, 0.1) is 0 Å². The number of carbonyl (C=O) groups excluding carboxylic acids is 1. The molecule has 0 rings (SSSR count). The van der Waals surface area contributed by atoms with Crippen LogP contribution in [0.1, 0.15) is 13.8 Å². The molecule has 0 atom stereocenters. The molecule has 0 aliphatic rings. The van der Waals surface area contributed by atoms with Gasteiger partial charge in [-0.15, -0.1) is 0 Å². The molecule has 0 aliphatic carbocycles. The molecule has 1 nitrogen and oxygen atoms in total. The van der Waals surface area contributed by atoms with Gasteiger partial charge >= 0.3 is 0 Å². The van der Waals surface area contributed by atoms with Gasteiger partial charge in [0, 0.05) is 0 Å². The monoisotopic (exact) mass is 164 g/mol. The summed E-state index contributed by atoms with van der Waals surface area (Å²) in [6.45, 7) is 4.19. The molecule has 0 fully saturated rings. The van der Waals surface area contributed by atoms with Crippen molar-refractivity contribution in [3.8, 4) is 0 Å². The molecule has 0 saturated heterocycles. The second-order valence-corrected chi connectivity index (χ2v) is 4.36. The standard InChI is InChI=1S/C6H12OS2/c1-5(2)9-4-6(7)8-3/h5H,4H2,1-3H3. The maximum atomic E-state index is 10.7. The molecule has 54 valence electrons. The van der Waals surface area contributed by atoms with Crippen molar-refractivity contribution < 1.29 is 4.79 Å². The molecule has 0 aromatic rings. The van der Waals surface area contributed by atoms with Gasteiger partial charge in [-0.1, -0.05) is 25.6 Å². The highest BCUT2D eigenvalue weighted by Crippen LogP contribution is 2.11. The summed E-state index contributed by atoms with van der Waals surface area (Å²) in [5.74, 6) is 0.652. The van der Waals surface area contributed by atoms with E-state index in [1.807, 2.05) is 6.26 Å². The van der Waals surface area contributed by atoms with Crippen LogP contribution in [0.3, 0.4) is 0 Å². The molecule has 0 saturated carbocycles. The maximum Gasteiger partial charge on any atom is 0.198 e. The van der Waals surface area contributed by atoms with Gasteiger partial charge in [0.05, 0.1) is 5.75 Å². The molecule has 0 aromatic carbocycles. The summed E-state index contributed by atoms with van der Waals surface area (Å²) in [5.41, 5.74) is 0. The zero-order chi connectivity index (χ0) is 7.28.